The van der Waals surface area contributed by atoms with Crippen LogP contribution in [-0.4, -0.2) is 40.3 Å². The van der Waals surface area contributed by atoms with E-state index < -0.39 is 5.72 Å². The second-order valence-electron chi connectivity index (χ2n) is 6.33. The summed E-state index contributed by atoms with van der Waals surface area (Å²) in [5.41, 5.74) is 1.05. The summed E-state index contributed by atoms with van der Waals surface area (Å²) >= 11 is 1.83. The zero-order valence-corrected chi connectivity index (χ0v) is 15.2. The van der Waals surface area contributed by atoms with E-state index in [9.17, 15) is 5.11 Å². The Labute approximate surface area is 152 Å². The van der Waals surface area contributed by atoms with Crippen molar-refractivity contribution in [3.63, 3.8) is 0 Å². The molecule has 2 heterocycles. The van der Waals surface area contributed by atoms with Gasteiger partial charge in [0.2, 0.25) is 0 Å². The predicted molar refractivity (Wildman–Crippen MR) is 103 cm³/mol. The summed E-state index contributed by atoms with van der Waals surface area (Å²) in [7, 11) is 0. The zero-order chi connectivity index (χ0) is 17.3. The van der Waals surface area contributed by atoms with Gasteiger partial charge in [0.05, 0.1) is 13.2 Å². The summed E-state index contributed by atoms with van der Waals surface area (Å²) in [5.74, 6) is 1.96. The number of thioether (sulfide) groups is 1. The van der Waals surface area contributed by atoms with E-state index in [1.807, 2.05) is 61.2 Å². The standard InChI is InChI=1S/C20H23N2O2S/c1-2-24-18-11-9-17(10-12-18)21-15-20(23,16-7-4-3-5-8-16)22-13-6-14-25-19(21)22/h3-5,7-12,23H,2,6,13-15H2,1H3/q+1/t20-/m0/s1. The van der Waals surface area contributed by atoms with Gasteiger partial charge in [-0.3, -0.25) is 0 Å². The lowest BCUT2D eigenvalue weighted by atomic mass is 10.0. The van der Waals surface area contributed by atoms with E-state index in [0.717, 1.165) is 40.9 Å². The molecule has 4 nitrogen and oxygen atoms in total. The molecule has 0 bridgehead atoms. The number of benzene rings is 2. The first kappa shape index (κ1) is 16.5. The highest BCUT2D eigenvalue weighted by Gasteiger charge is 2.53. The van der Waals surface area contributed by atoms with Crippen molar-refractivity contribution in [2.75, 3.05) is 30.3 Å². The van der Waals surface area contributed by atoms with E-state index in [4.69, 9.17) is 4.74 Å². The summed E-state index contributed by atoms with van der Waals surface area (Å²) < 4.78 is 7.71. The quantitative estimate of drug-likeness (QED) is 0.854. The van der Waals surface area contributed by atoms with E-state index in [2.05, 4.69) is 21.6 Å². The first-order valence-electron chi connectivity index (χ1n) is 8.78. The van der Waals surface area contributed by atoms with Crippen LogP contribution in [0, 0.1) is 0 Å². The van der Waals surface area contributed by atoms with Gasteiger partial charge in [-0.15, -0.1) is 0 Å². The predicted octanol–water partition coefficient (Wildman–Crippen LogP) is 3.26. The van der Waals surface area contributed by atoms with Crippen LogP contribution in [0.4, 0.5) is 5.69 Å². The number of hydrogen-bond acceptors (Lipinski definition) is 4. The molecule has 0 amide bonds. The maximum atomic E-state index is 11.6. The third-order valence-electron chi connectivity index (χ3n) is 4.74. The van der Waals surface area contributed by atoms with Gasteiger partial charge in [-0.2, -0.15) is 0 Å². The lowest BCUT2D eigenvalue weighted by Gasteiger charge is -2.24. The maximum Gasteiger partial charge on any atom is 0.316 e. The third-order valence-corrected chi connectivity index (χ3v) is 5.93. The summed E-state index contributed by atoms with van der Waals surface area (Å²) in [4.78, 5) is 2.23. The van der Waals surface area contributed by atoms with Crippen molar-refractivity contribution in [3.05, 3.63) is 60.2 Å². The number of nitrogens with zero attached hydrogens (tertiary/aromatic N) is 2. The zero-order valence-electron chi connectivity index (χ0n) is 14.4. The molecule has 1 atom stereocenters. The average molecular weight is 355 g/mol. The van der Waals surface area contributed by atoms with Gasteiger partial charge in [-0.05, 0) is 49.4 Å². The van der Waals surface area contributed by atoms with Gasteiger partial charge in [-0.25, -0.2) is 9.48 Å². The number of aliphatic hydroxyl groups is 1. The SMILES string of the molecule is CCOc1ccc(N2C[C@](O)(c3ccccc3)[N+]3=C2SCCC3)cc1. The summed E-state index contributed by atoms with van der Waals surface area (Å²) in [6.45, 7) is 4.06. The van der Waals surface area contributed by atoms with Crippen molar-refractivity contribution in [1.29, 1.82) is 0 Å². The summed E-state index contributed by atoms with van der Waals surface area (Å²) in [5, 5.41) is 12.7. The molecule has 0 saturated heterocycles. The van der Waals surface area contributed by atoms with Crippen LogP contribution in [0.3, 0.4) is 0 Å². The highest BCUT2D eigenvalue weighted by atomic mass is 32.2. The molecular weight excluding hydrogens is 332 g/mol. The fourth-order valence-corrected chi connectivity index (χ4v) is 4.72. The largest absolute Gasteiger partial charge is 0.494 e. The molecule has 2 aliphatic heterocycles. The fraction of sp³-hybridized carbons (Fsp3) is 0.350. The van der Waals surface area contributed by atoms with E-state index in [1.165, 1.54) is 0 Å². The Morgan fingerprint density at radius 3 is 2.64 bits per heavy atom. The van der Waals surface area contributed by atoms with Gasteiger partial charge in [-0.1, -0.05) is 30.3 Å². The molecule has 0 saturated carbocycles. The molecule has 2 aromatic carbocycles. The molecule has 0 spiro atoms. The minimum Gasteiger partial charge on any atom is -0.494 e. The van der Waals surface area contributed by atoms with Crippen LogP contribution in [-0.2, 0) is 5.72 Å². The monoisotopic (exact) mass is 355 g/mol. The van der Waals surface area contributed by atoms with Gasteiger partial charge < -0.3 is 9.84 Å². The fourth-order valence-electron chi connectivity index (χ4n) is 3.54. The Balaban J connectivity index is 1.72. The molecule has 0 radical (unpaired) electrons. The molecule has 5 heteroatoms. The first-order chi connectivity index (χ1) is 12.2. The molecule has 25 heavy (non-hydrogen) atoms. The molecule has 130 valence electrons. The number of rotatable bonds is 4. The van der Waals surface area contributed by atoms with E-state index in [-0.39, 0.29) is 0 Å². The van der Waals surface area contributed by atoms with Crippen LogP contribution in [0.15, 0.2) is 54.6 Å². The van der Waals surface area contributed by atoms with Crippen LogP contribution in [0.25, 0.3) is 0 Å². The minimum atomic E-state index is -0.984. The number of hydrogen-bond donors (Lipinski definition) is 1. The van der Waals surface area contributed by atoms with Gasteiger partial charge >= 0.3 is 5.17 Å². The third kappa shape index (κ3) is 2.92. The summed E-state index contributed by atoms with van der Waals surface area (Å²) in [6, 6.07) is 18.1. The molecule has 1 N–H and O–H groups in total. The van der Waals surface area contributed by atoms with Crippen molar-refractivity contribution >= 4 is 22.6 Å². The van der Waals surface area contributed by atoms with Crippen molar-refractivity contribution in [2.24, 2.45) is 0 Å². The van der Waals surface area contributed by atoms with E-state index in [1.54, 1.807) is 0 Å². The van der Waals surface area contributed by atoms with Gasteiger partial charge in [0.25, 0.3) is 5.72 Å². The van der Waals surface area contributed by atoms with Crippen LogP contribution < -0.4 is 9.64 Å². The van der Waals surface area contributed by atoms with Crippen molar-refractivity contribution in [1.82, 2.24) is 0 Å². The number of anilines is 1. The highest BCUT2D eigenvalue weighted by molar-refractivity contribution is 8.13. The van der Waals surface area contributed by atoms with Crippen molar-refractivity contribution < 1.29 is 14.4 Å². The van der Waals surface area contributed by atoms with Crippen LogP contribution in [0.5, 0.6) is 5.75 Å². The van der Waals surface area contributed by atoms with Crippen LogP contribution in [0.1, 0.15) is 18.9 Å². The topological polar surface area (TPSA) is 35.7 Å². The maximum absolute atomic E-state index is 11.6. The second-order valence-corrected chi connectivity index (χ2v) is 7.39. The molecular formula is C20H23N2O2S+. The van der Waals surface area contributed by atoms with E-state index >= 15 is 0 Å². The van der Waals surface area contributed by atoms with Crippen molar-refractivity contribution in [3.8, 4) is 5.75 Å². The molecule has 4 rings (SSSR count). The Kier molecular flexibility index (Phi) is 4.44. The van der Waals surface area contributed by atoms with Crippen LogP contribution in [0.2, 0.25) is 0 Å². The second kappa shape index (κ2) is 6.73. The highest BCUT2D eigenvalue weighted by Crippen LogP contribution is 2.37. The lowest BCUT2D eigenvalue weighted by molar-refractivity contribution is -0.656. The Hall–Kier alpha value is -1.98. The lowest BCUT2D eigenvalue weighted by Crippen LogP contribution is -2.41. The van der Waals surface area contributed by atoms with Crippen LogP contribution >= 0.6 is 11.8 Å². The smallest absolute Gasteiger partial charge is 0.316 e. The minimum absolute atomic E-state index is 0.535. The van der Waals surface area contributed by atoms with Gasteiger partial charge in [0.1, 0.15) is 11.4 Å². The molecule has 2 aliphatic rings. The Morgan fingerprint density at radius 2 is 1.92 bits per heavy atom. The Morgan fingerprint density at radius 1 is 1.16 bits per heavy atom. The number of amidine groups is 1. The Bertz CT molecular complexity index is 776. The number of ether oxygens (including phenoxy) is 1. The van der Waals surface area contributed by atoms with Crippen molar-refractivity contribution in [2.45, 2.75) is 19.1 Å². The molecule has 2 aromatic rings. The molecule has 0 unspecified atom stereocenters. The molecule has 0 aliphatic carbocycles. The molecule has 0 aromatic heterocycles. The van der Waals surface area contributed by atoms with Gasteiger partial charge in [0, 0.05) is 11.3 Å². The van der Waals surface area contributed by atoms with Gasteiger partial charge in [0.15, 0.2) is 6.54 Å². The first-order valence-corrected chi connectivity index (χ1v) is 9.76. The summed E-state index contributed by atoms with van der Waals surface area (Å²) in [6.07, 6.45) is 1.08. The molecule has 0 fully saturated rings. The van der Waals surface area contributed by atoms with E-state index in [0.29, 0.717) is 13.2 Å². The number of β-amino-alcohol motifs (C(OH)–C–C–N with tert-alkyl or cyclic N) is 1. The normalized spacial score (nSPS) is 22.9. The average Bonchev–Trinajstić information content (AvgIpc) is 2.98.